The number of alkyl carbamates (subject to hydrolysis) is 1. The molecular weight excluding hydrogens is 523 g/mol. The van der Waals surface area contributed by atoms with E-state index in [1.165, 1.54) is 22.9 Å². The van der Waals surface area contributed by atoms with Gasteiger partial charge in [0.05, 0.1) is 23.0 Å². The number of Topliss-reactive ketones (excluding diaryl/α,β-unsaturated/α-hetero) is 1. The van der Waals surface area contributed by atoms with Crippen LogP contribution in [-0.2, 0) is 17.7 Å². The number of halogens is 1. The molecule has 0 aliphatic heterocycles. The van der Waals surface area contributed by atoms with Gasteiger partial charge >= 0.3 is 6.09 Å². The number of carbonyl (C=O) groups is 2. The number of aliphatic hydroxyl groups excluding tert-OH is 1. The maximum Gasteiger partial charge on any atom is 0.407 e. The fourth-order valence-electron chi connectivity index (χ4n) is 4.32. The maximum absolute atomic E-state index is 14.8. The van der Waals surface area contributed by atoms with Gasteiger partial charge in [0, 0.05) is 13.0 Å². The smallest absolute Gasteiger partial charge is 0.407 e. The second-order valence-corrected chi connectivity index (χ2v) is 10.7. The minimum Gasteiger partial charge on any atom is -0.444 e. The van der Waals surface area contributed by atoms with Crippen LogP contribution in [0, 0.1) is 24.1 Å². The number of carbonyl (C=O) groups excluding carboxylic acids is 2. The Bertz CT molecular complexity index is 1630. The molecule has 0 bridgehead atoms. The number of nitriles is 1. The Morgan fingerprint density at radius 3 is 2.54 bits per heavy atom. The molecule has 8 nitrogen and oxygen atoms in total. The number of rotatable bonds is 8. The zero-order valence-corrected chi connectivity index (χ0v) is 23.3. The Balaban J connectivity index is 1.55. The van der Waals surface area contributed by atoms with Gasteiger partial charge in [0.25, 0.3) is 0 Å². The molecule has 0 aliphatic carbocycles. The molecule has 210 valence electrons. The van der Waals surface area contributed by atoms with Gasteiger partial charge in [0.2, 0.25) is 0 Å². The van der Waals surface area contributed by atoms with Crippen molar-refractivity contribution in [1.29, 1.82) is 5.26 Å². The summed E-state index contributed by atoms with van der Waals surface area (Å²) in [5.74, 6) is -0.932. The van der Waals surface area contributed by atoms with E-state index in [0.29, 0.717) is 28.1 Å². The minimum atomic E-state index is -1.09. The number of aliphatic hydroxyl groups is 1. The van der Waals surface area contributed by atoms with E-state index in [0.717, 1.165) is 5.56 Å². The normalized spacial score (nSPS) is 11.9. The summed E-state index contributed by atoms with van der Waals surface area (Å²) in [6.07, 6.45) is -1.89. The zero-order chi connectivity index (χ0) is 29.7. The molecule has 0 spiro atoms. The van der Waals surface area contributed by atoms with E-state index in [1.54, 1.807) is 76.2 Å². The Kier molecular flexibility index (Phi) is 8.65. The number of ketones is 1. The average Bonchev–Trinajstić information content (AvgIpc) is 3.34. The molecule has 0 saturated carbocycles. The number of hydrogen-bond donors (Lipinski definition) is 2. The van der Waals surface area contributed by atoms with Crippen LogP contribution in [0.3, 0.4) is 0 Å². The lowest BCUT2D eigenvalue weighted by molar-refractivity contribution is 0.0523. The van der Waals surface area contributed by atoms with Crippen molar-refractivity contribution in [3.8, 4) is 11.8 Å². The second kappa shape index (κ2) is 12.1. The number of nitrogens with zero attached hydrogens (tertiary/aromatic N) is 3. The Morgan fingerprint density at radius 2 is 1.80 bits per heavy atom. The zero-order valence-electron chi connectivity index (χ0n) is 23.3. The molecule has 3 aromatic carbocycles. The number of aryl methyl sites for hydroxylation is 1. The van der Waals surface area contributed by atoms with Crippen molar-refractivity contribution in [2.24, 2.45) is 0 Å². The van der Waals surface area contributed by atoms with Gasteiger partial charge in [-0.05, 0) is 92.4 Å². The highest BCUT2D eigenvalue weighted by Gasteiger charge is 2.20. The molecule has 9 heteroatoms. The molecule has 0 aliphatic rings. The summed E-state index contributed by atoms with van der Waals surface area (Å²) in [7, 11) is 0. The molecule has 1 unspecified atom stereocenters. The van der Waals surface area contributed by atoms with Crippen LogP contribution in [-0.4, -0.2) is 32.4 Å². The molecule has 1 amide bonds. The van der Waals surface area contributed by atoms with Gasteiger partial charge < -0.3 is 15.2 Å². The summed E-state index contributed by atoms with van der Waals surface area (Å²) in [4.78, 5) is 25.5. The van der Waals surface area contributed by atoms with Crippen molar-refractivity contribution < 1.29 is 23.8 Å². The van der Waals surface area contributed by atoms with Gasteiger partial charge in [-0.25, -0.2) is 13.9 Å². The highest BCUT2D eigenvalue weighted by atomic mass is 19.1. The first kappa shape index (κ1) is 29.2. The lowest BCUT2D eigenvalue weighted by Gasteiger charge is -2.19. The molecule has 4 rings (SSSR count). The van der Waals surface area contributed by atoms with Crippen molar-refractivity contribution in [3.63, 3.8) is 0 Å². The number of benzene rings is 3. The SMILES string of the molecule is Cc1cc(C(=O)Cc2cc(C(O)c3cccc(C#N)c3)ccc2F)n(-c2cccc(CNC(=O)OC(C)(C)C)c2)n1. The molecule has 41 heavy (non-hydrogen) atoms. The van der Waals surface area contributed by atoms with Crippen molar-refractivity contribution in [3.05, 3.63) is 118 Å². The summed E-state index contributed by atoms with van der Waals surface area (Å²) in [6.45, 7) is 7.32. The highest BCUT2D eigenvalue weighted by molar-refractivity contribution is 5.96. The van der Waals surface area contributed by atoms with Crippen LogP contribution in [0.15, 0.2) is 72.8 Å². The molecule has 0 fully saturated rings. The summed E-state index contributed by atoms with van der Waals surface area (Å²) >= 11 is 0. The molecule has 1 atom stereocenters. The first-order valence-corrected chi connectivity index (χ1v) is 13.1. The highest BCUT2D eigenvalue weighted by Crippen LogP contribution is 2.26. The third kappa shape index (κ3) is 7.44. The van der Waals surface area contributed by atoms with Crippen LogP contribution in [0.5, 0.6) is 0 Å². The molecular formula is C32H31FN4O4. The second-order valence-electron chi connectivity index (χ2n) is 10.7. The molecule has 4 aromatic rings. The number of amides is 1. The summed E-state index contributed by atoms with van der Waals surface area (Å²) < 4.78 is 21.6. The van der Waals surface area contributed by atoms with E-state index in [9.17, 15) is 19.1 Å². The van der Waals surface area contributed by atoms with E-state index in [-0.39, 0.29) is 30.0 Å². The van der Waals surface area contributed by atoms with Crippen LogP contribution in [0.4, 0.5) is 9.18 Å². The van der Waals surface area contributed by atoms with E-state index in [4.69, 9.17) is 10.00 Å². The average molecular weight is 555 g/mol. The molecule has 0 saturated heterocycles. The van der Waals surface area contributed by atoms with Crippen molar-refractivity contribution in [2.75, 3.05) is 0 Å². The van der Waals surface area contributed by atoms with Crippen LogP contribution < -0.4 is 5.32 Å². The summed E-state index contributed by atoms with van der Waals surface area (Å²) in [5, 5.41) is 27.2. The third-order valence-electron chi connectivity index (χ3n) is 6.18. The summed E-state index contributed by atoms with van der Waals surface area (Å²) in [6, 6.07) is 21.6. The van der Waals surface area contributed by atoms with E-state index in [1.807, 2.05) is 12.1 Å². The monoisotopic (exact) mass is 554 g/mol. The number of aromatic nitrogens is 2. The third-order valence-corrected chi connectivity index (χ3v) is 6.18. The van der Waals surface area contributed by atoms with Crippen molar-refractivity contribution >= 4 is 11.9 Å². The lowest BCUT2D eigenvalue weighted by Crippen LogP contribution is -2.32. The van der Waals surface area contributed by atoms with E-state index in [2.05, 4.69) is 10.4 Å². The molecule has 1 heterocycles. The fourth-order valence-corrected chi connectivity index (χ4v) is 4.32. The standard InChI is InChI=1S/C32H31FN4O4/c1-20-13-28(37(36-20)26-10-6-8-22(15-26)19-35-31(40)41-32(2,3)4)29(38)17-25-16-24(11-12-27(25)33)30(39)23-9-5-7-21(14-23)18-34/h5-16,30,39H,17,19H2,1-4H3,(H,35,40). The predicted octanol–water partition coefficient (Wildman–Crippen LogP) is 5.72. The quantitative estimate of drug-likeness (QED) is 0.269. The van der Waals surface area contributed by atoms with E-state index >= 15 is 0 Å². The van der Waals surface area contributed by atoms with Gasteiger partial charge in [-0.2, -0.15) is 10.4 Å². The lowest BCUT2D eigenvalue weighted by atomic mass is 9.96. The Hall–Kier alpha value is -4.81. The Labute approximate surface area is 238 Å². The first-order chi connectivity index (χ1) is 19.4. The first-order valence-electron chi connectivity index (χ1n) is 13.1. The summed E-state index contributed by atoms with van der Waals surface area (Å²) in [5.41, 5.74) is 3.05. The minimum absolute atomic E-state index is 0.128. The van der Waals surface area contributed by atoms with Crippen LogP contribution in [0.1, 0.15) is 70.9 Å². The van der Waals surface area contributed by atoms with Gasteiger partial charge in [-0.3, -0.25) is 4.79 Å². The largest absolute Gasteiger partial charge is 0.444 e. The van der Waals surface area contributed by atoms with Crippen LogP contribution >= 0.6 is 0 Å². The molecule has 2 N–H and O–H groups in total. The topological polar surface area (TPSA) is 117 Å². The van der Waals surface area contributed by atoms with Crippen LogP contribution in [0.25, 0.3) is 5.69 Å². The molecule has 0 radical (unpaired) electrons. The molecule has 1 aromatic heterocycles. The number of nitrogens with one attached hydrogen (secondary N) is 1. The van der Waals surface area contributed by atoms with Crippen molar-refractivity contribution in [1.82, 2.24) is 15.1 Å². The van der Waals surface area contributed by atoms with Gasteiger partial charge in [-0.15, -0.1) is 0 Å². The maximum atomic E-state index is 14.8. The van der Waals surface area contributed by atoms with E-state index < -0.39 is 23.6 Å². The number of hydrogen-bond acceptors (Lipinski definition) is 6. The van der Waals surface area contributed by atoms with Crippen molar-refractivity contribution in [2.45, 2.75) is 52.4 Å². The predicted molar refractivity (Wildman–Crippen MR) is 151 cm³/mol. The van der Waals surface area contributed by atoms with Crippen LogP contribution in [0.2, 0.25) is 0 Å². The number of ether oxygens (including phenoxy) is 1. The van der Waals surface area contributed by atoms with Gasteiger partial charge in [0.15, 0.2) is 5.78 Å². The Morgan fingerprint density at radius 1 is 1.07 bits per heavy atom. The van der Waals surface area contributed by atoms with Gasteiger partial charge in [0.1, 0.15) is 23.2 Å². The fraction of sp³-hybridized carbons (Fsp3) is 0.250. The van der Waals surface area contributed by atoms with Gasteiger partial charge in [-0.1, -0.05) is 30.3 Å².